The molecule has 2 aromatic heterocycles. The zero-order valence-electron chi connectivity index (χ0n) is 35.9. The highest BCUT2D eigenvalue weighted by Crippen LogP contribution is 2.49. The van der Waals surface area contributed by atoms with Crippen molar-refractivity contribution in [1.29, 1.82) is 0 Å². The van der Waals surface area contributed by atoms with Gasteiger partial charge >= 0.3 is 0 Å². The van der Waals surface area contributed by atoms with E-state index in [-0.39, 0.29) is 46.3 Å². The molecule has 0 bridgehead atoms. The number of carbonyl (C=O) groups is 3. The molecule has 2 amide bonds. The third-order valence-corrected chi connectivity index (χ3v) is 12.3. The molecule has 320 valence electrons. The number of H-pyrrole nitrogens is 1. The van der Waals surface area contributed by atoms with E-state index in [2.05, 4.69) is 78.3 Å². The zero-order valence-corrected chi connectivity index (χ0v) is 37.5. The number of likely N-dealkylation sites (tertiary alicyclic amines) is 1. The normalized spacial score (nSPS) is 19.9. The molecule has 3 fully saturated rings. The molecule has 11 nitrogen and oxygen atoms in total. The van der Waals surface area contributed by atoms with Crippen molar-refractivity contribution in [2.45, 2.75) is 103 Å². The Kier molecular flexibility index (Phi) is 16.9. The summed E-state index contributed by atoms with van der Waals surface area (Å²) < 4.78 is 21.0. The van der Waals surface area contributed by atoms with E-state index in [1.807, 2.05) is 25.4 Å². The van der Waals surface area contributed by atoms with Gasteiger partial charge in [0.15, 0.2) is 5.43 Å². The second-order valence-corrected chi connectivity index (χ2v) is 18.8. The van der Waals surface area contributed by atoms with Crippen LogP contribution in [0, 0.1) is 24.6 Å². The number of nitrogens with zero attached hydrogens (tertiary/aromatic N) is 2. The van der Waals surface area contributed by atoms with E-state index in [0.29, 0.717) is 23.4 Å². The summed E-state index contributed by atoms with van der Waals surface area (Å²) in [4.78, 5) is 57.4. The summed E-state index contributed by atoms with van der Waals surface area (Å²) in [5.41, 5.74) is 3.38. The minimum Gasteiger partial charge on any atom is -0.496 e. The lowest BCUT2D eigenvalue weighted by Crippen LogP contribution is -2.53. The van der Waals surface area contributed by atoms with Crippen LogP contribution >= 0.6 is 23.3 Å². The Bertz CT molecular complexity index is 2130. The molecular weight excluding hydrogens is 788 g/mol. The number of halogens is 1. The molecule has 0 radical (unpaired) electrons. The first kappa shape index (κ1) is 47.2. The van der Waals surface area contributed by atoms with E-state index in [1.165, 1.54) is 24.1 Å². The molecule has 2 aliphatic carbocycles. The number of fused-ring (bicyclic) bond motifs is 1. The molecule has 3 aliphatic rings. The van der Waals surface area contributed by atoms with Crippen molar-refractivity contribution in [3.05, 3.63) is 87.8 Å². The highest BCUT2D eigenvalue weighted by atomic mass is 32.2. The van der Waals surface area contributed by atoms with Crippen LogP contribution in [-0.4, -0.2) is 76.5 Å². The smallest absolute Gasteiger partial charge is 0.256 e. The number of ether oxygens (including phenoxy) is 1. The van der Waals surface area contributed by atoms with E-state index in [1.54, 1.807) is 48.8 Å². The van der Waals surface area contributed by atoms with Crippen molar-refractivity contribution in [3.63, 3.8) is 0 Å². The summed E-state index contributed by atoms with van der Waals surface area (Å²) in [6.07, 6.45) is 7.33. The zero-order chi connectivity index (χ0) is 43.5. The summed E-state index contributed by atoms with van der Waals surface area (Å²) in [6, 6.07) is 11.1. The molecule has 3 heterocycles. The number of aldehydes is 1. The molecule has 2 saturated carbocycles. The van der Waals surface area contributed by atoms with Gasteiger partial charge in [-0.15, -0.1) is 17.9 Å². The Morgan fingerprint density at radius 3 is 2.42 bits per heavy atom. The number of benzene rings is 2. The Balaban J connectivity index is 0.000000196. The van der Waals surface area contributed by atoms with Crippen molar-refractivity contribution >= 4 is 58.0 Å². The van der Waals surface area contributed by atoms with Gasteiger partial charge in [-0.1, -0.05) is 46.8 Å². The molecule has 14 heteroatoms. The number of aromatic nitrogens is 2. The number of nitrogens with one attached hydrogen (secondary N) is 4. The van der Waals surface area contributed by atoms with Crippen molar-refractivity contribution < 1.29 is 23.5 Å². The fraction of sp³-hybridized carbons (Fsp3) is 0.489. The Morgan fingerprint density at radius 1 is 1.17 bits per heavy atom. The van der Waals surface area contributed by atoms with Crippen LogP contribution in [0.4, 0.5) is 10.1 Å². The Morgan fingerprint density at radius 2 is 1.88 bits per heavy atom. The highest BCUT2D eigenvalue weighted by Gasteiger charge is 2.60. The lowest BCUT2D eigenvalue weighted by molar-refractivity contribution is -0.131. The number of carbonyl (C=O) groups excluding carboxylic acids is 3. The summed E-state index contributed by atoms with van der Waals surface area (Å²) in [5.74, 6) is 1.60. The number of likely N-dealkylation sites (N-methyl/N-ethyl adjacent to an activating group) is 1. The maximum absolute atomic E-state index is 12.6. The van der Waals surface area contributed by atoms with Gasteiger partial charge in [0.25, 0.3) is 5.91 Å². The second kappa shape index (κ2) is 21.1. The fourth-order valence-corrected chi connectivity index (χ4v) is 8.11. The number of rotatable bonds is 12. The maximum Gasteiger partial charge on any atom is 0.256 e. The topological polar surface area (TPSA) is 146 Å². The third kappa shape index (κ3) is 13.0. The van der Waals surface area contributed by atoms with Gasteiger partial charge in [-0.25, -0.2) is 9.37 Å². The minimum absolute atomic E-state index is 0.00389. The van der Waals surface area contributed by atoms with Gasteiger partial charge in [-0.3, -0.25) is 24.0 Å². The lowest BCUT2D eigenvalue weighted by atomic mass is 10.1. The molecule has 1 aliphatic heterocycles. The number of pyridine rings is 1. The number of thiazole rings is 1. The van der Waals surface area contributed by atoms with Crippen LogP contribution in [0.15, 0.2) is 65.3 Å². The molecule has 2 unspecified atom stereocenters. The first-order valence-corrected chi connectivity index (χ1v) is 21.9. The van der Waals surface area contributed by atoms with Gasteiger partial charge in [0.1, 0.15) is 28.4 Å². The SMILES string of the molecule is C=CC1C[C@]1(NC(=O)C1CCCN1C)C(=O)NSC1(C)CC1.CC(C)C.COc1ccc2c(=O)cc(-c3nc(C(C)C)cs3)[nH]c2c1C.O=CCNc1cccc(F)c1. The van der Waals surface area contributed by atoms with Gasteiger partial charge in [0, 0.05) is 38.7 Å². The molecule has 7 rings (SSSR count). The second-order valence-electron chi connectivity index (χ2n) is 16.5. The Labute approximate surface area is 356 Å². The summed E-state index contributed by atoms with van der Waals surface area (Å²) in [7, 11) is 3.59. The van der Waals surface area contributed by atoms with Crippen molar-refractivity contribution in [3.8, 4) is 16.5 Å². The third-order valence-electron chi connectivity index (χ3n) is 10.2. The molecule has 3 atom stereocenters. The van der Waals surface area contributed by atoms with Crippen LogP contribution in [-0.2, 0) is 14.4 Å². The number of methoxy groups -OCH3 is 1. The summed E-state index contributed by atoms with van der Waals surface area (Å²) >= 11 is 3.05. The van der Waals surface area contributed by atoms with Crippen molar-refractivity contribution in [2.75, 3.05) is 32.6 Å². The van der Waals surface area contributed by atoms with Crippen molar-refractivity contribution in [2.24, 2.45) is 11.8 Å². The van der Waals surface area contributed by atoms with Gasteiger partial charge in [0.2, 0.25) is 5.91 Å². The average Bonchev–Trinajstić information content (AvgIpc) is 3.95. The molecule has 1 saturated heterocycles. The largest absolute Gasteiger partial charge is 0.496 e. The fourth-order valence-electron chi connectivity index (χ4n) is 6.33. The first-order valence-electron chi connectivity index (χ1n) is 20.2. The molecule has 0 spiro atoms. The van der Waals surface area contributed by atoms with E-state index in [9.17, 15) is 23.6 Å². The molecular formula is C45H61FN6O5S2. The quantitative estimate of drug-likeness (QED) is 0.0626. The van der Waals surface area contributed by atoms with E-state index in [0.717, 1.165) is 77.7 Å². The van der Waals surface area contributed by atoms with E-state index >= 15 is 0 Å². The molecule has 59 heavy (non-hydrogen) atoms. The number of hydrogen-bond acceptors (Lipinski definition) is 10. The maximum atomic E-state index is 12.6. The number of hydrogen-bond donors (Lipinski definition) is 4. The van der Waals surface area contributed by atoms with Gasteiger partial charge in [-0.05, 0) is 114 Å². The van der Waals surface area contributed by atoms with Gasteiger partial charge in [0.05, 0.1) is 36.6 Å². The number of aromatic amines is 1. The lowest BCUT2D eigenvalue weighted by Gasteiger charge is -2.24. The van der Waals surface area contributed by atoms with Crippen LogP contribution in [0.1, 0.15) is 90.8 Å². The van der Waals surface area contributed by atoms with Crippen LogP contribution in [0.3, 0.4) is 0 Å². The monoisotopic (exact) mass is 848 g/mol. The number of anilines is 1. The van der Waals surface area contributed by atoms with Crippen LogP contribution < -0.4 is 25.5 Å². The Hall–Kier alpha value is -4.53. The standard InChI is InChI=1S/C17H18N2O2S.C16H25N3O2S.C8H8FNO.C4H10/c1-9(2)13-8-22-17(19-13)12-7-14(20)11-5-6-15(21-4)10(3)16(11)18-12;1-4-11-10-16(11,14(21)18-22-15(2)7-8-15)17-13(20)12-6-5-9-19(12)3;9-7-2-1-3-8(6-7)10-4-5-11;1-4(2)3/h5-9H,1-4H3,(H,18,20);4,11-12H,1,5-10H2,2-3H3,(H,17,20)(H,18,21);1-3,5-6,10H,4H2;4H,1-3H3/t;11?,12?,16-;;/m.1../s1. The average molecular weight is 849 g/mol. The first-order chi connectivity index (χ1) is 28.0. The summed E-state index contributed by atoms with van der Waals surface area (Å²) in [6.45, 7) is 19.8. The highest BCUT2D eigenvalue weighted by molar-refractivity contribution is 7.99. The number of amides is 2. The molecule has 2 aromatic carbocycles. The van der Waals surface area contributed by atoms with E-state index < -0.39 is 5.54 Å². The number of aryl methyl sites for hydroxylation is 1. The molecule has 4 aromatic rings. The summed E-state index contributed by atoms with van der Waals surface area (Å²) in [5, 5.41) is 9.30. The van der Waals surface area contributed by atoms with Gasteiger partial charge < -0.3 is 25.1 Å². The van der Waals surface area contributed by atoms with Crippen LogP contribution in [0.25, 0.3) is 21.6 Å². The predicted molar refractivity (Wildman–Crippen MR) is 241 cm³/mol. The van der Waals surface area contributed by atoms with Crippen LogP contribution in [0.5, 0.6) is 5.75 Å². The van der Waals surface area contributed by atoms with Crippen LogP contribution in [0.2, 0.25) is 0 Å². The minimum atomic E-state index is -0.777. The predicted octanol–water partition coefficient (Wildman–Crippen LogP) is 8.65. The molecule has 4 N–H and O–H groups in total. The van der Waals surface area contributed by atoms with Crippen molar-refractivity contribution in [1.82, 2.24) is 24.9 Å². The van der Waals surface area contributed by atoms with Gasteiger partial charge in [-0.2, -0.15) is 0 Å². The van der Waals surface area contributed by atoms with E-state index in [4.69, 9.17) is 4.74 Å².